The van der Waals surface area contributed by atoms with E-state index in [4.69, 9.17) is 0 Å². The second-order valence-corrected chi connectivity index (χ2v) is 3.53. The van der Waals surface area contributed by atoms with Gasteiger partial charge in [-0.05, 0) is 24.1 Å². The summed E-state index contributed by atoms with van der Waals surface area (Å²) >= 11 is 0. The molecule has 0 aromatic heterocycles. The van der Waals surface area contributed by atoms with Crippen molar-refractivity contribution >= 4 is 17.7 Å². The monoisotopic (exact) mass is 251 g/mol. The number of hydrogen-bond donors (Lipinski definition) is 2. The van der Waals surface area contributed by atoms with Crippen LogP contribution in [0.2, 0.25) is 0 Å². The minimum atomic E-state index is -0.518. The Balaban J connectivity index is 2.42. The van der Waals surface area contributed by atoms with E-state index in [1.807, 2.05) is 0 Å². The first-order valence-corrected chi connectivity index (χ1v) is 5.44. The molecule has 2 N–H and O–H groups in total. The van der Waals surface area contributed by atoms with Crippen molar-refractivity contribution in [3.63, 3.8) is 0 Å². The predicted molar refractivity (Wildman–Crippen MR) is 64.7 cm³/mol. The fraction of sp³-hybridized carbons (Fsp3) is 0.333. The van der Waals surface area contributed by atoms with Crippen LogP contribution >= 0.6 is 0 Å². The fourth-order valence-corrected chi connectivity index (χ4v) is 1.27. The van der Waals surface area contributed by atoms with Gasteiger partial charge in [0.05, 0.1) is 13.7 Å². The smallest absolute Gasteiger partial charge is 0.325 e. The Hall–Kier alpha value is -2.08. The number of carbonyl (C=O) groups excluding carboxylic acids is 2. The second-order valence-electron chi connectivity index (χ2n) is 3.53. The zero-order valence-corrected chi connectivity index (χ0v) is 10.1. The summed E-state index contributed by atoms with van der Waals surface area (Å²) in [4.78, 5) is 22.2. The lowest BCUT2D eigenvalue weighted by Crippen LogP contribution is -2.33. The summed E-state index contributed by atoms with van der Waals surface area (Å²) in [6.07, 6.45) is 0.467. The third-order valence-corrected chi connectivity index (χ3v) is 2.22. The third kappa shape index (κ3) is 4.84. The van der Waals surface area contributed by atoms with Crippen LogP contribution in [0.4, 0.5) is 10.5 Å². The number of rotatable bonds is 5. The van der Waals surface area contributed by atoms with E-state index in [-0.39, 0.29) is 13.2 Å². The van der Waals surface area contributed by atoms with Gasteiger partial charge >= 0.3 is 12.0 Å². The molecule has 1 aromatic rings. The maximum atomic E-state index is 11.4. The maximum Gasteiger partial charge on any atom is 0.325 e. The Labute approximate surface area is 105 Å². The van der Waals surface area contributed by atoms with E-state index in [0.29, 0.717) is 12.1 Å². The van der Waals surface area contributed by atoms with E-state index in [1.54, 1.807) is 24.3 Å². The SMILES string of the molecule is COC(=O)CNC(=O)Nc1ccc(CC[O])cc1. The minimum absolute atomic E-state index is 0.160. The summed E-state index contributed by atoms with van der Waals surface area (Å²) in [7, 11) is 1.25. The normalized spacial score (nSPS) is 9.67. The average molecular weight is 251 g/mol. The highest BCUT2D eigenvalue weighted by Crippen LogP contribution is 2.09. The molecule has 0 saturated carbocycles. The summed E-state index contributed by atoms with van der Waals surface area (Å²) in [6, 6.07) is 6.45. The van der Waals surface area contributed by atoms with Crippen molar-refractivity contribution < 1.29 is 19.4 Å². The van der Waals surface area contributed by atoms with Crippen molar-refractivity contribution in [3.05, 3.63) is 29.8 Å². The van der Waals surface area contributed by atoms with Gasteiger partial charge in [-0.25, -0.2) is 9.90 Å². The van der Waals surface area contributed by atoms with Crippen LogP contribution in [-0.4, -0.2) is 32.3 Å². The first-order valence-electron chi connectivity index (χ1n) is 5.44. The fourth-order valence-electron chi connectivity index (χ4n) is 1.27. The van der Waals surface area contributed by atoms with Crippen molar-refractivity contribution in [2.24, 2.45) is 0 Å². The molecule has 0 aliphatic rings. The number of carbonyl (C=O) groups is 2. The number of hydrogen-bond acceptors (Lipinski definition) is 3. The molecule has 0 aliphatic heterocycles. The molecule has 1 aromatic carbocycles. The topological polar surface area (TPSA) is 87.3 Å². The number of amides is 2. The van der Waals surface area contributed by atoms with Gasteiger partial charge in [0.15, 0.2) is 0 Å². The Bertz CT molecular complexity index is 403. The number of nitrogens with one attached hydrogen (secondary N) is 2. The third-order valence-electron chi connectivity index (χ3n) is 2.22. The van der Waals surface area contributed by atoms with Gasteiger partial charge in [0.2, 0.25) is 0 Å². The number of methoxy groups -OCH3 is 1. The maximum absolute atomic E-state index is 11.4. The van der Waals surface area contributed by atoms with Gasteiger partial charge in [-0.1, -0.05) is 12.1 Å². The largest absolute Gasteiger partial charge is 0.468 e. The van der Waals surface area contributed by atoms with Crippen molar-refractivity contribution in [1.82, 2.24) is 5.32 Å². The zero-order chi connectivity index (χ0) is 13.4. The highest BCUT2D eigenvalue weighted by molar-refractivity contribution is 5.91. The standard InChI is InChI=1S/C12H15N2O4/c1-18-11(16)8-13-12(17)14-10-4-2-9(3-5-10)6-7-15/h2-5H,6-8H2,1H3,(H2,13,14,17). The van der Waals surface area contributed by atoms with Crippen LogP contribution in [0.5, 0.6) is 0 Å². The number of urea groups is 1. The van der Waals surface area contributed by atoms with Crippen LogP contribution in [0.1, 0.15) is 5.56 Å². The molecular weight excluding hydrogens is 236 g/mol. The first kappa shape index (κ1) is 14.0. The molecule has 1 rings (SSSR count). The molecule has 2 amide bonds. The predicted octanol–water partition coefficient (Wildman–Crippen LogP) is 0.954. The molecule has 0 fully saturated rings. The van der Waals surface area contributed by atoms with E-state index in [9.17, 15) is 14.7 Å². The van der Waals surface area contributed by atoms with Gasteiger partial charge < -0.3 is 15.4 Å². The van der Waals surface area contributed by atoms with Crippen molar-refractivity contribution in [2.45, 2.75) is 6.42 Å². The number of anilines is 1. The Morgan fingerprint density at radius 2 is 1.89 bits per heavy atom. The van der Waals surface area contributed by atoms with Gasteiger partial charge in [0, 0.05) is 5.69 Å². The van der Waals surface area contributed by atoms with Crippen molar-refractivity contribution in [3.8, 4) is 0 Å². The van der Waals surface area contributed by atoms with E-state index < -0.39 is 12.0 Å². The van der Waals surface area contributed by atoms with E-state index in [1.165, 1.54) is 7.11 Å². The molecular formula is C12H15N2O4. The molecule has 0 atom stereocenters. The highest BCUT2D eigenvalue weighted by Gasteiger charge is 2.05. The summed E-state index contributed by atoms with van der Waals surface area (Å²) < 4.78 is 4.38. The molecule has 1 radical (unpaired) electrons. The lowest BCUT2D eigenvalue weighted by atomic mass is 10.1. The van der Waals surface area contributed by atoms with Gasteiger partial charge in [0.1, 0.15) is 6.54 Å². The Morgan fingerprint density at radius 3 is 2.44 bits per heavy atom. The van der Waals surface area contributed by atoms with Crippen LogP contribution in [0, 0.1) is 0 Å². The van der Waals surface area contributed by atoms with Crippen LogP contribution in [0.15, 0.2) is 24.3 Å². The summed E-state index contributed by atoms with van der Waals surface area (Å²) in [5.41, 5.74) is 1.51. The lowest BCUT2D eigenvalue weighted by molar-refractivity contribution is -0.139. The van der Waals surface area contributed by atoms with Crippen LogP contribution in [-0.2, 0) is 21.1 Å². The number of ether oxygens (including phenoxy) is 1. The molecule has 0 bridgehead atoms. The summed E-state index contributed by atoms with van der Waals surface area (Å²) in [5.74, 6) is -0.518. The molecule has 0 heterocycles. The van der Waals surface area contributed by atoms with E-state index in [2.05, 4.69) is 15.4 Å². The minimum Gasteiger partial charge on any atom is -0.468 e. The van der Waals surface area contributed by atoms with Crippen LogP contribution in [0.3, 0.4) is 0 Å². The van der Waals surface area contributed by atoms with Crippen molar-refractivity contribution in [1.29, 1.82) is 0 Å². The van der Waals surface area contributed by atoms with Gasteiger partial charge in [-0.3, -0.25) is 4.79 Å². The molecule has 0 saturated heterocycles. The first-order chi connectivity index (χ1) is 8.65. The quantitative estimate of drug-likeness (QED) is 0.764. The molecule has 97 valence electrons. The van der Waals surface area contributed by atoms with Crippen LogP contribution < -0.4 is 10.6 Å². The summed E-state index contributed by atoms with van der Waals surface area (Å²) in [6.45, 7) is -0.344. The van der Waals surface area contributed by atoms with Gasteiger partial charge in [-0.2, -0.15) is 0 Å². The zero-order valence-electron chi connectivity index (χ0n) is 10.1. The number of esters is 1. The van der Waals surface area contributed by atoms with Crippen molar-refractivity contribution in [2.75, 3.05) is 25.6 Å². The number of benzene rings is 1. The molecule has 0 unspecified atom stereocenters. The molecule has 6 heteroatoms. The van der Waals surface area contributed by atoms with Gasteiger partial charge in [0.25, 0.3) is 0 Å². The second kappa shape index (κ2) is 7.29. The Morgan fingerprint density at radius 1 is 1.22 bits per heavy atom. The van der Waals surface area contributed by atoms with E-state index >= 15 is 0 Å². The van der Waals surface area contributed by atoms with Gasteiger partial charge in [-0.15, -0.1) is 0 Å². The lowest BCUT2D eigenvalue weighted by Gasteiger charge is -2.07. The molecule has 6 nitrogen and oxygen atoms in total. The average Bonchev–Trinajstić information content (AvgIpc) is 2.38. The molecule has 0 aliphatic carbocycles. The van der Waals surface area contributed by atoms with Crippen LogP contribution in [0.25, 0.3) is 0 Å². The molecule has 18 heavy (non-hydrogen) atoms. The Kier molecular flexibility index (Phi) is 5.66. The highest BCUT2D eigenvalue weighted by atomic mass is 16.5. The molecule has 0 spiro atoms. The summed E-state index contributed by atoms with van der Waals surface area (Å²) in [5, 5.41) is 15.3. The van der Waals surface area contributed by atoms with E-state index in [0.717, 1.165) is 5.56 Å².